The van der Waals surface area contributed by atoms with Crippen LogP contribution >= 0.6 is 27.5 Å². The van der Waals surface area contributed by atoms with Crippen molar-refractivity contribution in [3.8, 4) is 5.88 Å². The van der Waals surface area contributed by atoms with Crippen molar-refractivity contribution in [3.63, 3.8) is 0 Å². The summed E-state index contributed by atoms with van der Waals surface area (Å²) in [6, 6.07) is 0. The Balaban J connectivity index is 2.92. The molecule has 0 unspecified atom stereocenters. The number of hydrogen-bond donors (Lipinski definition) is 0. The maximum atomic E-state index is 5.81. The van der Waals surface area contributed by atoms with Gasteiger partial charge in [0.2, 0.25) is 5.88 Å². The van der Waals surface area contributed by atoms with Gasteiger partial charge in [0.25, 0.3) is 0 Å². The van der Waals surface area contributed by atoms with Gasteiger partial charge in [-0.25, -0.2) is 9.97 Å². The Morgan fingerprint density at radius 2 is 2.14 bits per heavy atom. The Morgan fingerprint density at radius 3 is 2.71 bits per heavy atom. The Hall–Kier alpha value is -0.350. The van der Waals surface area contributed by atoms with Gasteiger partial charge in [0.05, 0.1) is 0 Å². The third-order valence-electron chi connectivity index (χ3n) is 1.94. The Kier molecular flexibility index (Phi) is 3.72. The highest BCUT2D eigenvalue weighted by atomic mass is 79.9. The molecule has 0 fully saturated rings. The Labute approximate surface area is 97.0 Å². The van der Waals surface area contributed by atoms with Crippen LogP contribution in [0.4, 0.5) is 0 Å². The largest absolute Gasteiger partial charge is 0.471 e. The standard InChI is InChI=1S/C9H12BrClN2O/c1-4-9(2,3)14-8-6(10)7(11)12-5-13-8/h5H,4H2,1-3H3. The lowest BCUT2D eigenvalue weighted by atomic mass is 10.1. The molecule has 1 rings (SSSR count). The van der Waals surface area contributed by atoms with E-state index in [9.17, 15) is 0 Å². The predicted octanol–water partition coefficient (Wildman–Crippen LogP) is 3.46. The van der Waals surface area contributed by atoms with Gasteiger partial charge in [0.1, 0.15) is 16.4 Å². The molecule has 0 N–H and O–H groups in total. The second-order valence-electron chi connectivity index (χ2n) is 3.50. The molecule has 14 heavy (non-hydrogen) atoms. The highest BCUT2D eigenvalue weighted by Gasteiger charge is 2.20. The van der Waals surface area contributed by atoms with E-state index in [1.165, 1.54) is 6.33 Å². The van der Waals surface area contributed by atoms with E-state index < -0.39 is 0 Å². The molecule has 0 bridgehead atoms. The highest BCUT2D eigenvalue weighted by Crippen LogP contribution is 2.30. The zero-order valence-electron chi connectivity index (χ0n) is 8.34. The summed E-state index contributed by atoms with van der Waals surface area (Å²) in [5.41, 5.74) is -0.250. The summed E-state index contributed by atoms with van der Waals surface area (Å²) in [6.45, 7) is 6.04. The molecule has 0 saturated heterocycles. The van der Waals surface area contributed by atoms with E-state index in [2.05, 4.69) is 32.8 Å². The van der Waals surface area contributed by atoms with Crippen molar-refractivity contribution >= 4 is 27.5 Å². The van der Waals surface area contributed by atoms with Crippen LogP contribution < -0.4 is 4.74 Å². The van der Waals surface area contributed by atoms with Gasteiger partial charge in [-0.15, -0.1) is 0 Å². The topological polar surface area (TPSA) is 35.0 Å². The molecule has 1 heterocycles. The fourth-order valence-corrected chi connectivity index (χ4v) is 1.15. The third kappa shape index (κ3) is 2.82. The molecule has 0 radical (unpaired) electrons. The van der Waals surface area contributed by atoms with E-state index in [1.54, 1.807) is 0 Å². The van der Waals surface area contributed by atoms with Crippen LogP contribution in [0.1, 0.15) is 27.2 Å². The highest BCUT2D eigenvalue weighted by molar-refractivity contribution is 9.10. The van der Waals surface area contributed by atoms with E-state index in [0.29, 0.717) is 15.5 Å². The van der Waals surface area contributed by atoms with Gasteiger partial charge >= 0.3 is 0 Å². The molecule has 0 aliphatic rings. The maximum absolute atomic E-state index is 5.81. The predicted molar refractivity (Wildman–Crippen MR) is 59.7 cm³/mol. The molecule has 0 spiro atoms. The van der Waals surface area contributed by atoms with Crippen LogP contribution in [0.15, 0.2) is 10.8 Å². The summed E-state index contributed by atoms with van der Waals surface area (Å²) in [5, 5.41) is 0.363. The van der Waals surface area contributed by atoms with Crippen molar-refractivity contribution in [1.82, 2.24) is 9.97 Å². The lowest BCUT2D eigenvalue weighted by Crippen LogP contribution is -2.27. The van der Waals surface area contributed by atoms with Crippen LogP contribution in [0, 0.1) is 0 Å². The van der Waals surface area contributed by atoms with Crippen LogP contribution in [0.3, 0.4) is 0 Å². The minimum atomic E-state index is -0.250. The number of hydrogen-bond acceptors (Lipinski definition) is 3. The van der Waals surface area contributed by atoms with Crippen LogP contribution in [-0.4, -0.2) is 15.6 Å². The van der Waals surface area contributed by atoms with Crippen LogP contribution in [0.5, 0.6) is 5.88 Å². The Bertz CT molecular complexity index is 331. The van der Waals surface area contributed by atoms with E-state index in [-0.39, 0.29) is 5.60 Å². The van der Waals surface area contributed by atoms with Crippen molar-refractivity contribution in [2.45, 2.75) is 32.8 Å². The lowest BCUT2D eigenvalue weighted by molar-refractivity contribution is 0.0977. The van der Waals surface area contributed by atoms with E-state index in [1.807, 2.05) is 13.8 Å². The number of ether oxygens (including phenoxy) is 1. The normalized spacial score (nSPS) is 11.5. The molecule has 5 heteroatoms. The molecule has 0 amide bonds. The molecule has 0 aliphatic heterocycles. The second kappa shape index (κ2) is 4.45. The van der Waals surface area contributed by atoms with Crippen LogP contribution in [-0.2, 0) is 0 Å². The first-order valence-electron chi connectivity index (χ1n) is 4.31. The monoisotopic (exact) mass is 278 g/mol. The summed E-state index contributed by atoms with van der Waals surface area (Å²) in [4.78, 5) is 7.83. The molecule has 1 aromatic rings. The minimum Gasteiger partial charge on any atom is -0.471 e. The average molecular weight is 280 g/mol. The van der Waals surface area contributed by atoms with Gasteiger partial charge in [-0.2, -0.15) is 0 Å². The molecule has 0 aliphatic carbocycles. The fourth-order valence-electron chi connectivity index (χ4n) is 0.739. The zero-order valence-corrected chi connectivity index (χ0v) is 10.7. The van der Waals surface area contributed by atoms with Crippen LogP contribution in [0.2, 0.25) is 5.15 Å². The summed E-state index contributed by atoms with van der Waals surface area (Å²) in [7, 11) is 0. The van der Waals surface area contributed by atoms with Crippen molar-refractivity contribution in [3.05, 3.63) is 16.0 Å². The van der Waals surface area contributed by atoms with Gasteiger partial charge in [-0.1, -0.05) is 18.5 Å². The van der Waals surface area contributed by atoms with Crippen molar-refractivity contribution in [2.75, 3.05) is 0 Å². The van der Waals surface area contributed by atoms with Crippen LogP contribution in [0.25, 0.3) is 0 Å². The number of rotatable bonds is 3. The van der Waals surface area contributed by atoms with E-state index >= 15 is 0 Å². The summed E-state index contributed by atoms with van der Waals surface area (Å²) < 4.78 is 6.28. The van der Waals surface area contributed by atoms with E-state index in [0.717, 1.165) is 6.42 Å². The SMILES string of the molecule is CCC(C)(C)Oc1ncnc(Cl)c1Br. The van der Waals surface area contributed by atoms with E-state index in [4.69, 9.17) is 16.3 Å². The lowest BCUT2D eigenvalue weighted by Gasteiger charge is -2.24. The van der Waals surface area contributed by atoms with Crippen molar-refractivity contribution < 1.29 is 4.74 Å². The number of aromatic nitrogens is 2. The van der Waals surface area contributed by atoms with Gasteiger partial charge in [-0.05, 0) is 36.2 Å². The average Bonchev–Trinajstić information content (AvgIpc) is 2.13. The first-order valence-corrected chi connectivity index (χ1v) is 5.48. The van der Waals surface area contributed by atoms with Crippen molar-refractivity contribution in [1.29, 1.82) is 0 Å². The molecule has 0 aromatic carbocycles. The van der Waals surface area contributed by atoms with Gasteiger partial charge in [-0.3, -0.25) is 0 Å². The summed E-state index contributed by atoms with van der Waals surface area (Å²) in [5.74, 6) is 0.483. The summed E-state index contributed by atoms with van der Waals surface area (Å²) in [6.07, 6.45) is 2.27. The first-order chi connectivity index (χ1) is 6.46. The molecular weight excluding hydrogens is 267 g/mol. The molecular formula is C9H12BrClN2O. The molecule has 0 saturated carbocycles. The molecule has 1 aromatic heterocycles. The van der Waals surface area contributed by atoms with Gasteiger partial charge < -0.3 is 4.74 Å². The smallest absolute Gasteiger partial charge is 0.233 e. The number of nitrogens with zero attached hydrogens (tertiary/aromatic N) is 2. The maximum Gasteiger partial charge on any atom is 0.233 e. The molecule has 3 nitrogen and oxygen atoms in total. The Morgan fingerprint density at radius 1 is 1.50 bits per heavy atom. The zero-order chi connectivity index (χ0) is 10.8. The second-order valence-corrected chi connectivity index (χ2v) is 4.65. The minimum absolute atomic E-state index is 0.250. The van der Waals surface area contributed by atoms with Crippen molar-refractivity contribution in [2.24, 2.45) is 0 Å². The van der Waals surface area contributed by atoms with Gasteiger partial charge in [0, 0.05) is 0 Å². The first kappa shape index (κ1) is 11.7. The molecule has 0 atom stereocenters. The quantitative estimate of drug-likeness (QED) is 0.795. The fraction of sp³-hybridized carbons (Fsp3) is 0.556. The molecule has 78 valence electrons. The third-order valence-corrected chi connectivity index (χ3v) is 3.17. The summed E-state index contributed by atoms with van der Waals surface area (Å²) >= 11 is 9.09. The number of halogens is 2. The van der Waals surface area contributed by atoms with Gasteiger partial charge in [0.15, 0.2) is 5.15 Å².